The summed E-state index contributed by atoms with van der Waals surface area (Å²) in [6, 6.07) is 46.9. The first-order chi connectivity index (χ1) is 16.6. The molecule has 0 heterocycles. The van der Waals surface area contributed by atoms with Crippen LogP contribution in [-0.4, -0.2) is 3.21 Å². The molecule has 6 aromatic carbocycles. The monoisotopic (exact) mass is 514 g/mol. The van der Waals surface area contributed by atoms with Crippen LogP contribution in [0.2, 0.25) is 0 Å². The average Bonchev–Trinajstić information content (AvgIpc) is 3.50. The topological polar surface area (TPSA) is 0 Å². The molecule has 0 amide bonds. The molecule has 164 valence electrons. The Morgan fingerprint density at radius 3 is 1.18 bits per heavy atom. The van der Waals surface area contributed by atoms with Gasteiger partial charge in [0.2, 0.25) is 0 Å². The van der Waals surface area contributed by atoms with Gasteiger partial charge in [0.15, 0.2) is 0 Å². The van der Waals surface area contributed by atoms with Crippen LogP contribution in [0.25, 0.3) is 43.8 Å². The van der Waals surface area contributed by atoms with E-state index in [9.17, 15) is 0 Å². The minimum atomic E-state index is 1.29. The van der Waals surface area contributed by atoms with Gasteiger partial charge >= 0.3 is 41.3 Å². The zero-order chi connectivity index (χ0) is 23.8. The summed E-state index contributed by atoms with van der Waals surface area (Å²) in [4.78, 5) is 0. The van der Waals surface area contributed by atoms with E-state index in [1.807, 2.05) is 12.1 Å². The fourth-order valence-corrected chi connectivity index (χ4v) is 3.90. The van der Waals surface area contributed by atoms with Crippen molar-refractivity contribution < 1.29 is 24.2 Å². The van der Waals surface area contributed by atoms with Gasteiger partial charge in [0.25, 0.3) is 0 Å². The van der Waals surface area contributed by atoms with Crippen molar-refractivity contribution in [3.8, 4) is 22.3 Å². The van der Waals surface area contributed by atoms with Crippen LogP contribution in [0.3, 0.4) is 0 Å². The van der Waals surface area contributed by atoms with Crippen LogP contribution in [0.5, 0.6) is 0 Å². The summed E-state index contributed by atoms with van der Waals surface area (Å²) in [6.07, 6.45) is 0. The zero-order valence-corrected chi connectivity index (χ0v) is 22.2. The quantitative estimate of drug-likeness (QED) is 0.202. The third-order valence-corrected chi connectivity index (χ3v) is 5.45. The molecule has 0 nitrogen and oxygen atoms in total. The minimum Gasteiger partial charge on any atom is -0.145 e. The van der Waals surface area contributed by atoms with Crippen molar-refractivity contribution in [2.75, 3.05) is 0 Å². The smallest absolute Gasteiger partial charge is 0.0635 e. The Bertz CT molecular complexity index is 1290. The van der Waals surface area contributed by atoms with Gasteiger partial charge in [0, 0.05) is 0 Å². The van der Waals surface area contributed by atoms with Crippen LogP contribution in [-0.2, 0) is 24.2 Å². The fourth-order valence-electron chi connectivity index (χ4n) is 3.90. The molecule has 0 unspecified atom stereocenters. The van der Waals surface area contributed by atoms with Crippen molar-refractivity contribution in [1.29, 1.82) is 0 Å². The first-order valence-corrected chi connectivity index (χ1v) is 12.8. The van der Waals surface area contributed by atoms with Crippen molar-refractivity contribution in [1.82, 2.24) is 0 Å². The summed E-state index contributed by atoms with van der Waals surface area (Å²) >= 11 is 1.55. The van der Waals surface area contributed by atoms with Crippen LogP contribution >= 0.6 is 0 Å². The van der Waals surface area contributed by atoms with Gasteiger partial charge in [-0.2, -0.15) is 0 Å². The number of rotatable bonds is 2. The van der Waals surface area contributed by atoms with E-state index in [2.05, 4.69) is 135 Å². The van der Waals surface area contributed by atoms with Crippen molar-refractivity contribution in [3.05, 3.63) is 133 Å². The maximum absolute atomic E-state index is 2.24. The second-order valence-electron chi connectivity index (χ2n) is 8.48. The second-order valence-corrected chi connectivity index (χ2v) is 10.9. The van der Waals surface area contributed by atoms with Crippen LogP contribution in [0.15, 0.2) is 133 Å². The predicted octanol–water partition coefficient (Wildman–Crippen LogP) is 9.20. The zero-order valence-electron chi connectivity index (χ0n) is 19.7. The standard InChI is InChI=1S/2C15H11.C3H6.Zr/c2*1-2-6-12(7-3-1)15-10-13-8-4-5-9-14(13)11-15;1-3-2;/h2*1-11H;1-2H3;/q2*-1;;+2. The average molecular weight is 516 g/mol. The Labute approximate surface area is 217 Å². The molecule has 0 atom stereocenters. The van der Waals surface area contributed by atoms with E-state index < -0.39 is 0 Å². The Kier molecular flexibility index (Phi) is 8.34. The molecule has 0 aromatic heterocycles. The largest absolute Gasteiger partial charge is 0.145 e. The van der Waals surface area contributed by atoms with Crippen molar-refractivity contribution >= 4 is 24.8 Å². The van der Waals surface area contributed by atoms with Gasteiger partial charge in [-0.25, -0.2) is 0 Å². The summed E-state index contributed by atoms with van der Waals surface area (Å²) < 4.78 is 1.51. The Balaban J connectivity index is 0.000000140. The van der Waals surface area contributed by atoms with Crippen LogP contribution in [0, 0.1) is 0 Å². The number of benzene rings is 4. The SMILES string of the molecule is C[C](C)=[Zr+2].c1ccc(-c2cc3ccccc3[cH-]2)cc1.c1ccc(-c2cc3ccccc3[cH-]2)cc1. The molecule has 6 aromatic rings. The molecule has 1 heteroatoms. The third-order valence-electron chi connectivity index (χ3n) is 5.45. The number of hydrogen-bond acceptors (Lipinski definition) is 0. The summed E-state index contributed by atoms with van der Waals surface area (Å²) in [5.41, 5.74) is 5.18. The van der Waals surface area contributed by atoms with Gasteiger partial charge in [-0.05, 0) is 0 Å². The van der Waals surface area contributed by atoms with Crippen molar-refractivity contribution in [3.63, 3.8) is 0 Å². The van der Waals surface area contributed by atoms with E-state index >= 15 is 0 Å². The van der Waals surface area contributed by atoms with Gasteiger partial charge < -0.3 is 0 Å². The van der Waals surface area contributed by atoms with Crippen molar-refractivity contribution in [2.24, 2.45) is 0 Å². The molecule has 0 aliphatic heterocycles. The van der Waals surface area contributed by atoms with Gasteiger partial charge in [-0.1, -0.05) is 108 Å². The van der Waals surface area contributed by atoms with Crippen molar-refractivity contribution in [2.45, 2.75) is 13.8 Å². The van der Waals surface area contributed by atoms with Gasteiger partial charge in [-0.15, -0.1) is 69.1 Å². The molecule has 0 saturated carbocycles. The van der Waals surface area contributed by atoms with E-state index in [0.29, 0.717) is 0 Å². The first-order valence-electron chi connectivity index (χ1n) is 11.5. The van der Waals surface area contributed by atoms with Gasteiger partial charge in [0.05, 0.1) is 0 Å². The second kappa shape index (κ2) is 11.8. The summed E-state index contributed by atoms with van der Waals surface area (Å²) in [5.74, 6) is 0. The molecular weight excluding hydrogens is 488 g/mol. The summed E-state index contributed by atoms with van der Waals surface area (Å²) in [6.45, 7) is 4.25. The first kappa shape index (κ1) is 24.0. The molecule has 34 heavy (non-hydrogen) atoms. The normalized spacial score (nSPS) is 10.2. The molecule has 0 N–H and O–H groups in total. The Morgan fingerprint density at radius 1 is 0.500 bits per heavy atom. The molecule has 6 rings (SSSR count). The fraction of sp³-hybridized carbons (Fsp3) is 0.0606. The molecule has 0 saturated heterocycles. The van der Waals surface area contributed by atoms with E-state index in [4.69, 9.17) is 0 Å². The Morgan fingerprint density at radius 2 is 0.824 bits per heavy atom. The molecule has 0 aliphatic carbocycles. The molecule has 0 spiro atoms. The summed E-state index contributed by atoms with van der Waals surface area (Å²) in [5, 5.41) is 5.26. The maximum atomic E-state index is 2.24. The minimum absolute atomic E-state index is 1.29. The van der Waals surface area contributed by atoms with Crippen LogP contribution in [0.1, 0.15) is 13.8 Å². The van der Waals surface area contributed by atoms with Crippen LogP contribution in [0.4, 0.5) is 0 Å². The maximum Gasteiger partial charge on any atom is -0.0635 e. The number of fused-ring (bicyclic) bond motifs is 2. The van der Waals surface area contributed by atoms with E-state index in [1.54, 1.807) is 24.2 Å². The van der Waals surface area contributed by atoms with Crippen LogP contribution < -0.4 is 0 Å². The third kappa shape index (κ3) is 6.46. The molecule has 0 bridgehead atoms. The van der Waals surface area contributed by atoms with Gasteiger partial charge in [0.1, 0.15) is 0 Å². The Hall–Kier alpha value is -3.15. The summed E-state index contributed by atoms with van der Waals surface area (Å²) in [7, 11) is 0. The van der Waals surface area contributed by atoms with E-state index in [0.717, 1.165) is 0 Å². The molecule has 0 radical (unpaired) electrons. The van der Waals surface area contributed by atoms with E-state index in [1.165, 1.54) is 47.0 Å². The predicted molar refractivity (Wildman–Crippen MR) is 146 cm³/mol. The molecular formula is C33H28Zr. The van der Waals surface area contributed by atoms with E-state index in [-0.39, 0.29) is 0 Å². The van der Waals surface area contributed by atoms with Gasteiger partial charge in [-0.3, -0.25) is 0 Å². The number of hydrogen-bond donors (Lipinski definition) is 0. The molecule has 0 fully saturated rings. The molecule has 0 aliphatic rings.